The van der Waals surface area contributed by atoms with E-state index in [0.29, 0.717) is 0 Å². The van der Waals surface area contributed by atoms with Crippen molar-refractivity contribution in [3.63, 3.8) is 0 Å². The van der Waals surface area contributed by atoms with Crippen LogP contribution in [0.25, 0.3) is 0 Å². The van der Waals surface area contributed by atoms with Gasteiger partial charge in [0.2, 0.25) is 0 Å². The highest BCUT2D eigenvalue weighted by Gasteiger charge is 2.09. The van der Waals surface area contributed by atoms with Crippen LogP contribution in [0.2, 0.25) is 0 Å². The summed E-state index contributed by atoms with van der Waals surface area (Å²) in [6.07, 6.45) is 41.8. The van der Waals surface area contributed by atoms with Crippen molar-refractivity contribution in [3.05, 3.63) is 108 Å². The first-order valence-electron chi connectivity index (χ1n) is 25.5. The monoisotopic (exact) mass is 981 g/mol. The molecule has 1 saturated carbocycles. The van der Waals surface area contributed by atoms with Crippen LogP contribution in [-0.4, -0.2) is 122 Å². The van der Waals surface area contributed by atoms with E-state index in [1.165, 1.54) is 92.9 Å². The largest absolute Gasteiger partial charge is 0.381 e. The fourth-order valence-corrected chi connectivity index (χ4v) is 5.00. The van der Waals surface area contributed by atoms with Crippen molar-refractivity contribution in [2.24, 2.45) is 5.92 Å². The lowest BCUT2D eigenvalue weighted by Crippen LogP contribution is -2.02. The van der Waals surface area contributed by atoms with Crippen LogP contribution >= 0.6 is 0 Å². The standard InChI is InChI=1S/C10H18O.C8H14O.2C7H14O.3C6H12O.2C5H10O/c1-11-9-5-8-10-6-3-2-4-7-10;1-9-7-8-5-3-2-4-6-8;1-6(2)7(3)5-8-4;1-3-4-5-6-7-8-2;1-6(2)4-5-7-3;1-4-6(5-2)7-3;1-3-4-5-6-7-2;1-4-5(2)6-3;1-3-4-5-6-2/h5,8,10H,2-4,6-7,9H2,1H3;5H,2-4,6-7H2,1H3;5H2,1-4H3;5-6H,3-4,7H2,1-2H3;4H,5H2,1-3H3;4,6H,1,5H2,2-3H3;4-5H,3,6H2,1-2H3;4-5H,1H2,2-3H3;3-4H,5H2,1-2H3/b8-5+;;;6-5+;;;5-4+;;4-3+. The number of methoxy groups -OCH3 is 9. The summed E-state index contributed by atoms with van der Waals surface area (Å²) in [6, 6.07) is 0. The van der Waals surface area contributed by atoms with Crippen LogP contribution in [0, 0.1) is 5.92 Å². The molecule has 2 atom stereocenters. The van der Waals surface area contributed by atoms with Crippen molar-refractivity contribution >= 4 is 0 Å². The van der Waals surface area contributed by atoms with Crippen LogP contribution in [-0.2, 0) is 42.6 Å². The van der Waals surface area contributed by atoms with Crippen LogP contribution in [0.3, 0.4) is 0 Å². The average molecular weight is 982 g/mol. The number of ether oxygens (including phenoxy) is 9. The van der Waals surface area contributed by atoms with Crippen molar-refractivity contribution in [2.75, 3.05) is 110 Å². The normalized spacial score (nSPS) is 13.6. The summed E-state index contributed by atoms with van der Waals surface area (Å²) >= 11 is 0. The first-order valence-corrected chi connectivity index (χ1v) is 25.5. The van der Waals surface area contributed by atoms with Gasteiger partial charge in [0.1, 0.15) is 0 Å². The molecular formula is C60H116O9. The molecule has 0 spiro atoms. The quantitative estimate of drug-likeness (QED) is 0.0930. The second-order valence-electron chi connectivity index (χ2n) is 16.4. The summed E-state index contributed by atoms with van der Waals surface area (Å²) in [5.41, 5.74) is 5.48. The van der Waals surface area contributed by atoms with Gasteiger partial charge in [0, 0.05) is 64.0 Å². The van der Waals surface area contributed by atoms with E-state index in [-0.39, 0.29) is 12.2 Å². The smallest absolute Gasteiger partial charge is 0.0746 e. The minimum atomic E-state index is 0.199. The van der Waals surface area contributed by atoms with Gasteiger partial charge in [-0.2, -0.15) is 0 Å². The van der Waals surface area contributed by atoms with E-state index in [1.807, 2.05) is 44.2 Å². The molecule has 0 heterocycles. The second kappa shape index (κ2) is 76.8. The van der Waals surface area contributed by atoms with E-state index in [2.05, 4.69) is 98.9 Å². The van der Waals surface area contributed by atoms with Crippen LogP contribution in [0.5, 0.6) is 0 Å². The third-order valence-corrected chi connectivity index (χ3v) is 9.63. The number of rotatable bonds is 23. The minimum absolute atomic E-state index is 0.199. The fraction of sp³-hybridized carbons (Fsp3) is 0.700. The number of unbranched alkanes of at least 4 members (excludes halogenated alkanes) is 1. The van der Waals surface area contributed by atoms with Gasteiger partial charge >= 0.3 is 0 Å². The van der Waals surface area contributed by atoms with Crippen molar-refractivity contribution in [2.45, 2.75) is 165 Å². The Balaban J connectivity index is -0.000000126. The van der Waals surface area contributed by atoms with Crippen molar-refractivity contribution in [1.82, 2.24) is 0 Å². The van der Waals surface area contributed by atoms with Gasteiger partial charge in [-0.15, -0.1) is 13.2 Å². The Morgan fingerprint density at radius 3 is 1.48 bits per heavy atom. The predicted octanol–water partition coefficient (Wildman–Crippen LogP) is 16.1. The predicted molar refractivity (Wildman–Crippen MR) is 305 cm³/mol. The Labute approximate surface area is 430 Å². The van der Waals surface area contributed by atoms with Crippen molar-refractivity contribution in [3.8, 4) is 0 Å². The molecule has 0 aromatic carbocycles. The summed E-state index contributed by atoms with van der Waals surface area (Å²) in [7, 11) is 15.3. The van der Waals surface area contributed by atoms with Gasteiger partial charge < -0.3 is 42.6 Å². The molecule has 2 aliphatic carbocycles. The molecular weight excluding hydrogens is 865 g/mol. The number of allylic oxidation sites excluding steroid dienone is 7. The van der Waals surface area contributed by atoms with Crippen molar-refractivity contribution in [1.29, 1.82) is 0 Å². The molecule has 0 N–H and O–H groups in total. The third-order valence-electron chi connectivity index (χ3n) is 9.63. The molecule has 1 fully saturated rings. The highest BCUT2D eigenvalue weighted by molar-refractivity contribution is 5.06. The summed E-state index contributed by atoms with van der Waals surface area (Å²) in [4.78, 5) is 0. The topological polar surface area (TPSA) is 83.1 Å². The maximum Gasteiger partial charge on any atom is 0.0746 e. The SMILES string of the molecule is C/C=C/COC.C=CC(C)OC.C=CC(CC)OC.CC/C=C/COC.CCC/C=C/COC.COC/C=C/C1CCCCC1.COCC(C)=C(C)C.COCC1=CCCCC1.COCC=C(C)C. The molecule has 2 aliphatic rings. The van der Waals surface area contributed by atoms with E-state index in [9.17, 15) is 0 Å². The van der Waals surface area contributed by atoms with Crippen LogP contribution in [0.15, 0.2) is 108 Å². The van der Waals surface area contributed by atoms with Crippen LogP contribution in [0.1, 0.15) is 153 Å². The van der Waals surface area contributed by atoms with Gasteiger partial charge in [0.15, 0.2) is 0 Å². The molecule has 0 aromatic heterocycles. The summed E-state index contributed by atoms with van der Waals surface area (Å²) in [6.45, 7) is 33.1. The molecule has 0 aromatic rings. The summed E-state index contributed by atoms with van der Waals surface area (Å²) in [5.74, 6) is 0.846. The Hall–Kier alpha value is -2.70. The zero-order valence-electron chi connectivity index (χ0n) is 48.9. The zero-order chi connectivity index (χ0) is 54.0. The molecule has 0 aliphatic heterocycles. The molecule has 410 valence electrons. The molecule has 2 unspecified atom stereocenters. The van der Waals surface area contributed by atoms with Gasteiger partial charge in [0.25, 0.3) is 0 Å². The number of hydrogen-bond donors (Lipinski definition) is 0. The average Bonchev–Trinajstić information content (AvgIpc) is 3.37. The first kappa shape index (κ1) is 80.4. The zero-order valence-corrected chi connectivity index (χ0v) is 48.9. The van der Waals surface area contributed by atoms with Gasteiger partial charge in [-0.1, -0.05) is 131 Å². The molecule has 9 nitrogen and oxygen atoms in total. The molecule has 69 heavy (non-hydrogen) atoms. The maximum absolute atomic E-state index is 5.01. The van der Waals surface area contributed by atoms with E-state index in [0.717, 1.165) is 65.0 Å². The minimum Gasteiger partial charge on any atom is -0.381 e. The third kappa shape index (κ3) is 88.7. The van der Waals surface area contributed by atoms with Gasteiger partial charge in [-0.3, -0.25) is 0 Å². The lowest BCUT2D eigenvalue weighted by Gasteiger charge is -2.17. The Morgan fingerprint density at radius 2 is 1.17 bits per heavy atom. The van der Waals surface area contributed by atoms with Gasteiger partial charge in [-0.05, 0) is 123 Å². The Morgan fingerprint density at radius 1 is 0.623 bits per heavy atom. The first-order chi connectivity index (χ1) is 33.2. The molecule has 0 radical (unpaired) electrons. The molecule has 0 bridgehead atoms. The molecule has 2 rings (SSSR count). The molecule has 9 heteroatoms. The van der Waals surface area contributed by atoms with Crippen LogP contribution < -0.4 is 0 Å². The Kier molecular flexibility index (Phi) is 89.5. The van der Waals surface area contributed by atoms with Crippen LogP contribution in [0.4, 0.5) is 0 Å². The van der Waals surface area contributed by atoms with Crippen molar-refractivity contribution < 1.29 is 42.6 Å². The molecule has 0 saturated heterocycles. The number of hydrogen-bond acceptors (Lipinski definition) is 9. The van der Waals surface area contributed by atoms with E-state index < -0.39 is 0 Å². The lowest BCUT2D eigenvalue weighted by molar-refractivity contribution is 0.138. The summed E-state index contributed by atoms with van der Waals surface area (Å²) in [5, 5.41) is 0. The molecule has 0 amide bonds. The lowest BCUT2D eigenvalue weighted by atomic mass is 9.89. The second-order valence-corrected chi connectivity index (χ2v) is 16.4. The van der Waals surface area contributed by atoms with E-state index in [4.69, 9.17) is 42.6 Å². The summed E-state index contributed by atoms with van der Waals surface area (Å²) < 4.78 is 43.6. The van der Waals surface area contributed by atoms with Gasteiger partial charge in [0.05, 0.1) is 58.5 Å². The van der Waals surface area contributed by atoms with Gasteiger partial charge in [-0.25, -0.2) is 0 Å². The maximum atomic E-state index is 5.01. The highest BCUT2D eigenvalue weighted by Crippen LogP contribution is 2.24. The fourth-order valence-electron chi connectivity index (χ4n) is 5.00. The van der Waals surface area contributed by atoms with E-state index >= 15 is 0 Å². The Bertz CT molecular complexity index is 1160. The van der Waals surface area contributed by atoms with E-state index in [1.54, 1.807) is 76.1 Å². The highest BCUT2D eigenvalue weighted by atomic mass is 16.5.